The predicted octanol–water partition coefficient (Wildman–Crippen LogP) is 1.11. The molecular formula is C24H27N3O6. The van der Waals surface area contributed by atoms with Crippen molar-refractivity contribution in [3.05, 3.63) is 59.2 Å². The third-order valence-electron chi connectivity index (χ3n) is 5.81. The van der Waals surface area contributed by atoms with E-state index in [1.165, 1.54) is 0 Å². The molecule has 9 nitrogen and oxygen atoms in total. The lowest BCUT2D eigenvalue weighted by Crippen LogP contribution is -2.38. The van der Waals surface area contributed by atoms with Gasteiger partial charge >= 0.3 is 5.97 Å². The summed E-state index contributed by atoms with van der Waals surface area (Å²) in [6.07, 6.45) is 0.806. The Bertz CT molecular complexity index is 1060. The normalized spacial score (nSPS) is 18.5. The Morgan fingerprint density at radius 1 is 1.24 bits per heavy atom. The molecule has 1 fully saturated rings. The number of aliphatic hydroxyl groups excluding tert-OH is 1. The highest BCUT2D eigenvalue weighted by atomic mass is 16.5. The van der Waals surface area contributed by atoms with E-state index in [2.05, 4.69) is 15.5 Å². The molecule has 174 valence electrons. The zero-order chi connectivity index (χ0) is 23.4. The largest absolute Gasteiger partial charge is 0.482 e. The van der Waals surface area contributed by atoms with Crippen LogP contribution in [0.1, 0.15) is 29.2 Å². The van der Waals surface area contributed by atoms with Crippen LogP contribution in [0.15, 0.2) is 42.5 Å². The van der Waals surface area contributed by atoms with Gasteiger partial charge in [0.05, 0.1) is 25.0 Å². The minimum Gasteiger partial charge on any atom is -0.482 e. The molecule has 4 rings (SSSR count). The van der Waals surface area contributed by atoms with Crippen LogP contribution in [-0.2, 0) is 27.2 Å². The molecule has 4 N–H and O–H groups in total. The van der Waals surface area contributed by atoms with Crippen molar-refractivity contribution in [2.75, 3.05) is 31.6 Å². The quantitative estimate of drug-likeness (QED) is 0.448. The van der Waals surface area contributed by atoms with Gasteiger partial charge in [-0.2, -0.15) is 0 Å². The molecule has 2 amide bonds. The van der Waals surface area contributed by atoms with Crippen molar-refractivity contribution in [2.24, 2.45) is 0 Å². The third kappa shape index (κ3) is 6.09. The van der Waals surface area contributed by atoms with Crippen molar-refractivity contribution in [2.45, 2.75) is 31.4 Å². The minimum atomic E-state index is -1.07. The van der Waals surface area contributed by atoms with Crippen LogP contribution in [0.2, 0.25) is 0 Å². The molecule has 0 aliphatic carbocycles. The molecule has 33 heavy (non-hydrogen) atoms. The number of anilines is 1. The van der Waals surface area contributed by atoms with E-state index in [1.54, 1.807) is 18.2 Å². The van der Waals surface area contributed by atoms with Crippen molar-refractivity contribution in [1.82, 2.24) is 10.2 Å². The number of likely N-dealkylation sites (tertiary alicyclic amines) is 1. The Morgan fingerprint density at radius 2 is 2.09 bits per heavy atom. The van der Waals surface area contributed by atoms with Crippen molar-refractivity contribution in [1.29, 1.82) is 0 Å². The molecule has 2 atom stereocenters. The molecule has 2 aliphatic rings. The number of carboxylic acid groups (broad SMARTS) is 1. The molecule has 2 aromatic carbocycles. The Morgan fingerprint density at radius 3 is 2.85 bits per heavy atom. The zero-order valence-corrected chi connectivity index (χ0v) is 18.1. The number of nitrogens with zero attached hydrogens (tertiary/aromatic N) is 1. The van der Waals surface area contributed by atoms with E-state index in [1.807, 2.05) is 24.3 Å². The van der Waals surface area contributed by atoms with Gasteiger partial charge in [-0.25, -0.2) is 4.79 Å². The van der Waals surface area contributed by atoms with Crippen LogP contribution < -0.4 is 15.4 Å². The fourth-order valence-electron chi connectivity index (χ4n) is 4.24. The molecule has 2 aromatic rings. The highest BCUT2D eigenvalue weighted by Gasteiger charge is 2.25. The predicted molar refractivity (Wildman–Crippen MR) is 120 cm³/mol. The number of carboxylic acids is 1. The summed E-state index contributed by atoms with van der Waals surface area (Å²) in [7, 11) is 0. The maximum atomic E-state index is 12.9. The van der Waals surface area contributed by atoms with Crippen molar-refractivity contribution < 1.29 is 29.3 Å². The van der Waals surface area contributed by atoms with Gasteiger partial charge in [0.1, 0.15) is 5.75 Å². The summed E-state index contributed by atoms with van der Waals surface area (Å²) >= 11 is 0. The number of amides is 2. The first-order valence-electron chi connectivity index (χ1n) is 10.9. The molecule has 9 heteroatoms. The van der Waals surface area contributed by atoms with Gasteiger partial charge in [-0.3, -0.25) is 14.5 Å². The number of ether oxygens (including phenoxy) is 1. The Balaban J connectivity index is 1.47. The topological polar surface area (TPSA) is 128 Å². The first-order valence-corrected chi connectivity index (χ1v) is 10.9. The number of carbonyl (C=O) groups excluding carboxylic acids is 2. The molecule has 2 unspecified atom stereocenters. The summed E-state index contributed by atoms with van der Waals surface area (Å²) in [5.74, 6) is -0.892. The van der Waals surface area contributed by atoms with Gasteiger partial charge in [0.15, 0.2) is 6.61 Å². The van der Waals surface area contributed by atoms with Crippen molar-refractivity contribution in [3.63, 3.8) is 0 Å². The van der Waals surface area contributed by atoms with Gasteiger partial charge in [-0.15, -0.1) is 0 Å². The second kappa shape index (κ2) is 10.0. The Labute approximate surface area is 191 Å². The number of hydrogen-bond acceptors (Lipinski definition) is 6. The molecular weight excluding hydrogens is 426 g/mol. The first-order chi connectivity index (χ1) is 15.9. The molecule has 0 bridgehead atoms. The van der Waals surface area contributed by atoms with E-state index >= 15 is 0 Å². The van der Waals surface area contributed by atoms with E-state index in [0.717, 1.165) is 28.9 Å². The van der Waals surface area contributed by atoms with Crippen LogP contribution in [0, 0.1) is 0 Å². The molecule has 0 aromatic heterocycles. The number of β-amino-alcohol motifs (C(OH)–C–C–N with tert-alkyl or cyclic N) is 1. The lowest BCUT2D eigenvalue weighted by Gasteiger charge is -2.25. The SMILES string of the molecule is O=C(O)COc1cccc(C(CN2CCC(O)C2)NC(=O)Cc2ccc3c(c2)NC(=O)C3)c1. The lowest BCUT2D eigenvalue weighted by atomic mass is 10.0. The van der Waals surface area contributed by atoms with Gasteiger partial charge < -0.3 is 25.6 Å². The minimum absolute atomic E-state index is 0.0514. The van der Waals surface area contributed by atoms with Gasteiger partial charge in [0.25, 0.3) is 0 Å². The van der Waals surface area contributed by atoms with E-state index in [4.69, 9.17) is 9.84 Å². The van der Waals surface area contributed by atoms with Crippen LogP contribution in [0.3, 0.4) is 0 Å². The summed E-state index contributed by atoms with van der Waals surface area (Å²) in [6.45, 7) is 1.32. The summed E-state index contributed by atoms with van der Waals surface area (Å²) in [6, 6.07) is 12.2. The van der Waals surface area contributed by atoms with Crippen LogP contribution in [-0.4, -0.2) is 65.2 Å². The van der Waals surface area contributed by atoms with Gasteiger partial charge in [-0.05, 0) is 41.3 Å². The molecule has 1 saturated heterocycles. The van der Waals surface area contributed by atoms with E-state index in [0.29, 0.717) is 31.7 Å². The Hall–Kier alpha value is -3.43. The number of nitrogens with one attached hydrogen (secondary N) is 2. The fourth-order valence-corrected chi connectivity index (χ4v) is 4.24. The number of aliphatic hydroxyl groups is 1. The molecule has 2 aliphatic heterocycles. The fraction of sp³-hybridized carbons (Fsp3) is 0.375. The van der Waals surface area contributed by atoms with E-state index in [-0.39, 0.29) is 30.4 Å². The average molecular weight is 453 g/mol. The van der Waals surface area contributed by atoms with Crippen LogP contribution >= 0.6 is 0 Å². The molecule has 2 heterocycles. The molecule has 0 spiro atoms. The third-order valence-corrected chi connectivity index (χ3v) is 5.81. The van der Waals surface area contributed by atoms with Crippen LogP contribution in [0.25, 0.3) is 0 Å². The Kier molecular flexibility index (Phi) is 6.90. The van der Waals surface area contributed by atoms with E-state index < -0.39 is 12.6 Å². The lowest BCUT2D eigenvalue weighted by molar-refractivity contribution is -0.139. The second-order valence-corrected chi connectivity index (χ2v) is 8.47. The number of fused-ring (bicyclic) bond motifs is 1. The number of aliphatic carboxylic acids is 1. The first kappa shape index (κ1) is 22.8. The highest BCUT2D eigenvalue weighted by Crippen LogP contribution is 2.25. The van der Waals surface area contributed by atoms with Gasteiger partial charge in [0.2, 0.25) is 11.8 Å². The van der Waals surface area contributed by atoms with Crippen LogP contribution in [0.5, 0.6) is 5.75 Å². The monoisotopic (exact) mass is 453 g/mol. The maximum absolute atomic E-state index is 12.9. The van der Waals surface area contributed by atoms with Gasteiger partial charge in [0, 0.05) is 25.3 Å². The summed E-state index contributed by atoms with van der Waals surface area (Å²) in [5.41, 5.74) is 3.25. The van der Waals surface area contributed by atoms with Crippen molar-refractivity contribution in [3.8, 4) is 5.75 Å². The summed E-state index contributed by atoms with van der Waals surface area (Å²) in [5, 5.41) is 24.6. The number of carbonyl (C=O) groups is 3. The zero-order valence-electron chi connectivity index (χ0n) is 18.1. The van der Waals surface area contributed by atoms with Crippen molar-refractivity contribution >= 4 is 23.5 Å². The number of hydrogen-bond donors (Lipinski definition) is 4. The number of rotatable bonds is 9. The standard InChI is InChI=1S/C24H27N3O6/c28-18-6-7-27(12-18)13-21(16-2-1-3-19(10-16)33-14-24(31)32)26-22(29)9-15-4-5-17-11-23(30)25-20(17)8-15/h1-5,8,10,18,21,28H,6-7,9,11-14H2,(H,25,30)(H,26,29)(H,31,32). The smallest absolute Gasteiger partial charge is 0.341 e. The summed E-state index contributed by atoms with van der Waals surface area (Å²) < 4.78 is 5.30. The van der Waals surface area contributed by atoms with E-state index in [9.17, 15) is 19.5 Å². The molecule has 0 radical (unpaired) electrons. The van der Waals surface area contributed by atoms with Crippen LogP contribution in [0.4, 0.5) is 5.69 Å². The highest BCUT2D eigenvalue weighted by molar-refractivity contribution is 5.99. The second-order valence-electron chi connectivity index (χ2n) is 8.47. The number of benzene rings is 2. The maximum Gasteiger partial charge on any atom is 0.341 e. The molecule has 0 saturated carbocycles. The average Bonchev–Trinajstić information content (AvgIpc) is 3.35. The van der Waals surface area contributed by atoms with Gasteiger partial charge in [-0.1, -0.05) is 24.3 Å². The summed E-state index contributed by atoms with van der Waals surface area (Å²) in [4.78, 5) is 37.4.